The van der Waals surface area contributed by atoms with Crippen LogP contribution in [0.2, 0.25) is 5.02 Å². The largest absolute Gasteiger partial charge is 0.394 e. The van der Waals surface area contributed by atoms with E-state index in [1.54, 1.807) is 0 Å². The van der Waals surface area contributed by atoms with E-state index in [1.807, 2.05) is 22.9 Å². The van der Waals surface area contributed by atoms with Crippen LogP contribution in [0.1, 0.15) is 31.2 Å². The molecule has 1 aromatic carbocycles. The Hall–Kier alpha value is -1.14. The molecule has 0 aliphatic carbocycles. The molecule has 6 heteroatoms. The molecule has 2 aromatic rings. The summed E-state index contributed by atoms with van der Waals surface area (Å²) in [5, 5.41) is 15.2. The van der Waals surface area contributed by atoms with Gasteiger partial charge in [-0.2, -0.15) is 5.10 Å². The summed E-state index contributed by atoms with van der Waals surface area (Å²) in [6, 6.07) is 5.67. The van der Waals surface area contributed by atoms with Crippen molar-refractivity contribution in [3.63, 3.8) is 0 Å². The molecule has 0 spiro atoms. The molecule has 1 N–H and O–H groups in total. The molecule has 1 aromatic heterocycles. The summed E-state index contributed by atoms with van der Waals surface area (Å²) in [7, 11) is 0. The fraction of sp³-hybridized carbons (Fsp3) is 0.533. The minimum atomic E-state index is -0.0438. The molecular weight excluding hydrogens is 292 g/mol. The Morgan fingerprint density at radius 2 is 2.33 bits per heavy atom. The fourth-order valence-electron chi connectivity index (χ4n) is 2.66. The Morgan fingerprint density at radius 1 is 1.43 bits per heavy atom. The maximum absolute atomic E-state index is 8.87. The van der Waals surface area contributed by atoms with Crippen molar-refractivity contribution in [2.45, 2.75) is 32.1 Å². The van der Waals surface area contributed by atoms with E-state index in [-0.39, 0.29) is 12.8 Å². The molecule has 1 fully saturated rings. The van der Waals surface area contributed by atoms with Crippen LogP contribution in [0.15, 0.2) is 18.2 Å². The zero-order valence-corrected chi connectivity index (χ0v) is 12.6. The van der Waals surface area contributed by atoms with E-state index < -0.39 is 0 Å². The van der Waals surface area contributed by atoms with Crippen molar-refractivity contribution in [2.75, 3.05) is 19.8 Å². The van der Waals surface area contributed by atoms with Gasteiger partial charge in [-0.05, 0) is 37.5 Å². The molecule has 0 saturated carbocycles. The lowest BCUT2D eigenvalue weighted by atomic mass is 10.1. The highest BCUT2D eigenvalue weighted by Crippen LogP contribution is 2.29. The van der Waals surface area contributed by atoms with Crippen molar-refractivity contribution < 1.29 is 14.6 Å². The molecule has 21 heavy (non-hydrogen) atoms. The third-order valence-corrected chi connectivity index (χ3v) is 3.90. The summed E-state index contributed by atoms with van der Waals surface area (Å²) in [4.78, 5) is 0. The second-order valence-corrected chi connectivity index (χ2v) is 5.59. The van der Waals surface area contributed by atoms with Crippen molar-refractivity contribution >= 4 is 22.5 Å². The lowest BCUT2D eigenvalue weighted by Gasteiger charge is -2.24. The number of aromatic nitrogens is 2. The summed E-state index contributed by atoms with van der Waals surface area (Å²) in [5.74, 6) is 0. The molecule has 1 saturated heterocycles. The molecule has 114 valence electrons. The average Bonchev–Trinajstić information content (AvgIpc) is 2.86. The van der Waals surface area contributed by atoms with E-state index >= 15 is 0 Å². The van der Waals surface area contributed by atoms with Crippen LogP contribution >= 0.6 is 11.6 Å². The number of rotatable bonds is 5. The number of hydrogen-bond acceptors (Lipinski definition) is 4. The third-order valence-electron chi connectivity index (χ3n) is 3.67. The second kappa shape index (κ2) is 6.75. The van der Waals surface area contributed by atoms with Gasteiger partial charge in [0.05, 0.1) is 31.0 Å². The van der Waals surface area contributed by atoms with Crippen LogP contribution in [0.3, 0.4) is 0 Å². The number of halogens is 1. The van der Waals surface area contributed by atoms with Crippen LogP contribution in [-0.4, -0.2) is 34.7 Å². The van der Waals surface area contributed by atoms with Gasteiger partial charge in [-0.25, -0.2) is 4.68 Å². The normalized spacial score (nSPS) is 19.2. The number of aliphatic hydroxyl groups excluding tert-OH is 1. The van der Waals surface area contributed by atoms with Gasteiger partial charge in [-0.1, -0.05) is 11.6 Å². The summed E-state index contributed by atoms with van der Waals surface area (Å²) in [6.07, 6.45) is 3.14. The predicted molar refractivity (Wildman–Crippen MR) is 80.3 cm³/mol. The first-order chi connectivity index (χ1) is 10.3. The number of ether oxygens (including phenoxy) is 2. The Balaban J connectivity index is 1.97. The Labute approximate surface area is 128 Å². The lowest BCUT2D eigenvalue weighted by Crippen LogP contribution is -2.21. The monoisotopic (exact) mass is 310 g/mol. The first kappa shape index (κ1) is 14.8. The smallest absolute Gasteiger partial charge is 0.150 e. The average molecular weight is 311 g/mol. The number of hydrogen-bond donors (Lipinski definition) is 1. The molecule has 1 aliphatic heterocycles. The van der Waals surface area contributed by atoms with Crippen LogP contribution in [-0.2, 0) is 16.1 Å². The maximum Gasteiger partial charge on any atom is 0.150 e. The van der Waals surface area contributed by atoms with E-state index in [1.165, 1.54) is 0 Å². The highest BCUT2D eigenvalue weighted by atomic mass is 35.5. The second-order valence-electron chi connectivity index (χ2n) is 5.15. The van der Waals surface area contributed by atoms with Gasteiger partial charge < -0.3 is 14.6 Å². The summed E-state index contributed by atoms with van der Waals surface area (Å²) >= 11 is 6.05. The van der Waals surface area contributed by atoms with Gasteiger partial charge in [0.1, 0.15) is 0 Å². The number of nitrogens with zero attached hydrogens (tertiary/aromatic N) is 2. The molecule has 0 amide bonds. The quantitative estimate of drug-likeness (QED) is 0.863. The van der Waals surface area contributed by atoms with Crippen LogP contribution < -0.4 is 0 Å². The van der Waals surface area contributed by atoms with E-state index in [4.69, 9.17) is 26.2 Å². The molecule has 1 aliphatic rings. The Morgan fingerprint density at radius 3 is 3.10 bits per heavy atom. The molecule has 1 unspecified atom stereocenters. The topological polar surface area (TPSA) is 56.5 Å². The van der Waals surface area contributed by atoms with Crippen LogP contribution in [0.25, 0.3) is 10.9 Å². The summed E-state index contributed by atoms with van der Waals surface area (Å²) in [6.45, 7) is 1.49. The highest BCUT2D eigenvalue weighted by Gasteiger charge is 2.22. The number of benzene rings is 1. The van der Waals surface area contributed by atoms with E-state index in [0.29, 0.717) is 18.2 Å². The van der Waals surface area contributed by atoms with Crippen molar-refractivity contribution in [1.82, 2.24) is 9.78 Å². The molecule has 0 bridgehead atoms. The van der Waals surface area contributed by atoms with Crippen molar-refractivity contribution in [2.24, 2.45) is 0 Å². The predicted octanol–water partition coefficient (Wildman–Crippen LogP) is 2.90. The first-order valence-corrected chi connectivity index (χ1v) is 7.64. The lowest BCUT2D eigenvalue weighted by molar-refractivity contribution is -0.0439. The Bertz CT molecular complexity index is 608. The van der Waals surface area contributed by atoms with Crippen molar-refractivity contribution in [3.8, 4) is 0 Å². The van der Waals surface area contributed by atoms with E-state index in [0.717, 1.165) is 42.5 Å². The maximum atomic E-state index is 8.87. The van der Waals surface area contributed by atoms with Crippen LogP contribution in [0.4, 0.5) is 0 Å². The minimum absolute atomic E-state index is 0.0117. The number of aliphatic hydroxyl groups is 1. The van der Waals surface area contributed by atoms with Gasteiger partial charge >= 0.3 is 0 Å². The third kappa shape index (κ3) is 3.21. The fourth-order valence-corrected chi connectivity index (χ4v) is 2.83. The van der Waals surface area contributed by atoms with Gasteiger partial charge in [0.15, 0.2) is 6.23 Å². The zero-order valence-electron chi connectivity index (χ0n) is 11.8. The molecule has 0 radical (unpaired) electrons. The highest BCUT2D eigenvalue weighted by molar-refractivity contribution is 6.31. The van der Waals surface area contributed by atoms with Gasteiger partial charge in [-0.15, -0.1) is 0 Å². The zero-order chi connectivity index (χ0) is 14.7. The van der Waals surface area contributed by atoms with Gasteiger partial charge in [0.2, 0.25) is 0 Å². The van der Waals surface area contributed by atoms with Gasteiger partial charge in [0, 0.05) is 17.0 Å². The summed E-state index contributed by atoms with van der Waals surface area (Å²) in [5.41, 5.74) is 1.82. The standard InChI is InChI=1S/C15H19ClN2O3/c16-11-4-5-12-13(9-11)17-18(14(12)10-20-8-6-19)15-3-1-2-7-21-15/h4-5,9,15,19H,1-3,6-8,10H2. The van der Waals surface area contributed by atoms with Gasteiger partial charge in [0.25, 0.3) is 0 Å². The van der Waals surface area contributed by atoms with E-state index in [2.05, 4.69) is 5.10 Å². The molecule has 2 heterocycles. The van der Waals surface area contributed by atoms with Crippen LogP contribution in [0.5, 0.6) is 0 Å². The SMILES string of the molecule is OCCOCc1c2ccc(Cl)cc2nn1C1CCCCO1. The van der Waals surface area contributed by atoms with Crippen molar-refractivity contribution in [3.05, 3.63) is 28.9 Å². The van der Waals surface area contributed by atoms with Crippen LogP contribution in [0, 0.1) is 0 Å². The first-order valence-electron chi connectivity index (χ1n) is 7.26. The van der Waals surface area contributed by atoms with E-state index in [9.17, 15) is 0 Å². The number of fused-ring (bicyclic) bond motifs is 1. The minimum Gasteiger partial charge on any atom is -0.394 e. The van der Waals surface area contributed by atoms with Gasteiger partial charge in [-0.3, -0.25) is 0 Å². The molecule has 3 rings (SSSR count). The van der Waals surface area contributed by atoms with Crippen molar-refractivity contribution in [1.29, 1.82) is 0 Å². The Kier molecular flexibility index (Phi) is 4.75. The summed E-state index contributed by atoms with van der Waals surface area (Å²) < 4.78 is 13.2. The molecular formula is C15H19ClN2O3. The molecule has 5 nitrogen and oxygen atoms in total. The molecule has 1 atom stereocenters.